The van der Waals surface area contributed by atoms with Crippen molar-refractivity contribution in [3.05, 3.63) is 75.3 Å². The second-order valence-corrected chi connectivity index (χ2v) is 7.00. The van der Waals surface area contributed by atoms with E-state index in [2.05, 4.69) is 11.9 Å². The lowest BCUT2D eigenvalue weighted by Gasteiger charge is -2.26. The normalized spacial score (nSPS) is 14.8. The number of carbonyl (C=O) groups is 3. The van der Waals surface area contributed by atoms with E-state index in [9.17, 15) is 24.5 Å². The van der Waals surface area contributed by atoms with Crippen LogP contribution in [-0.4, -0.2) is 36.0 Å². The molecule has 4 amide bonds. The number of carbonyl (C=O) groups excluding carboxylic acids is 3. The molecule has 10 nitrogen and oxygen atoms in total. The Balaban J connectivity index is 2.00. The largest absolute Gasteiger partial charge is 0.490 e. The van der Waals surface area contributed by atoms with Crippen molar-refractivity contribution in [2.45, 2.75) is 6.92 Å². The number of nitro benzene ring substituents is 1. The van der Waals surface area contributed by atoms with Gasteiger partial charge in [-0.05, 0) is 42.8 Å². The molecule has 1 N–H and O–H groups in total. The highest BCUT2D eigenvalue weighted by Crippen LogP contribution is 2.37. The Morgan fingerprint density at radius 3 is 2.48 bits per heavy atom. The zero-order chi connectivity index (χ0) is 24.1. The zero-order valence-corrected chi connectivity index (χ0v) is 18.1. The van der Waals surface area contributed by atoms with Crippen LogP contribution in [0.15, 0.2) is 54.6 Å². The predicted octanol–water partition coefficient (Wildman–Crippen LogP) is 3.88. The van der Waals surface area contributed by atoms with Crippen LogP contribution < -0.4 is 19.7 Å². The lowest BCUT2D eigenvalue weighted by molar-refractivity contribution is -0.384. The summed E-state index contributed by atoms with van der Waals surface area (Å²) >= 11 is 6.31. The van der Waals surface area contributed by atoms with Gasteiger partial charge in [0, 0.05) is 12.1 Å². The minimum Gasteiger partial charge on any atom is -0.490 e. The van der Waals surface area contributed by atoms with Crippen LogP contribution in [-0.2, 0) is 9.59 Å². The van der Waals surface area contributed by atoms with Crippen molar-refractivity contribution in [2.75, 3.05) is 18.1 Å². The minimum absolute atomic E-state index is 0.0581. The summed E-state index contributed by atoms with van der Waals surface area (Å²) in [4.78, 5) is 48.7. The van der Waals surface area contributed by atoms with Crippen LogP contribution in [0.1, 0.15) is 12.5 Å². The van der Waals surface area contributed by atoms with Gasteiger partial charge in [-0.25, -0.2) is 9.69 Å². The van der Waals surface area contributed by atoms with Crippen LogP contribution in [0.4, 0.5) is 16.2 Å². The lowest BCUT2D eigenvalue weighted by Crippen LogP contribution is -2.54. The maximum absolute atomic E-state index is 13.0. The highest BCUT2D eigenvalue weighted by Gasteiger charge is 2.37. The highest BCUT2D eigenvalue weighted by molar-refractivity contribution is 6.39. The number of barbiturate groups is 1. The third kappa shape index (κ3) is 5.01. The molecule has 0 saturated carbocycles. The van der Waals surface area contributed by atoms with Crippen LogP contribution in [0, 0.1) is 10.1 Å². The van der Waals surface area contributed by atoms with Gasteiger partial charge in [-0.3, -0.25) is 25.0 Å². The Bertz CT molecular complexity index is 1180. The quantitative estimate of drug-likeness (QED) is 0.203. The van der Waals surface area contributed by atoms with Crippen molar-refractivity contribution in [3.8, 4) is 11.5 Å². The molecular formula is C22H18ClN3O7. The molecular weight excluding hydrogens is 454 g/mol. The lowest BCUT2D eigenvalue weighted by atomic mass is 10.1. The predicted molar refractivity (Wildman–Crippen MR) is 120 cm³/mol. The van der Waals surface area contributed by atoms with Crippen LogP contribution in [0.3, 0.4) is 0 Å². The molecule has 11 heteroatoms. The van der Waals surface area contributed by atoms with Crippen LogP contribution >= 0.6 is 11.6 Å². The Morgan fingerprint density at radius 1 is 1.18 bits per heavy atom. The number of non-ortho nitro benzene ring substituents is 1. The molecule has 1 aliphatic heterocycles. The number of halogens is 1. The monoisotopic (exact) mass is 471 g/mol. The number of nitrogens with one attached hydrogen (secondary N) is 1. The van der Waals surface area contributed by atoms with Crippen molar-refractivity contribution in [3.63, 3.8) is 0 Å². The van der Waals surface area contributed by atoms with Gasteiger partial charge in [0.2, 0.25) is 0 Å². The molecule has 2 aromatic rings. The fourth-order valence-corrected chi connectivity index (χ4v) is 3.27. The van der Waals surface area contributed by atoms with Crippen LogP contribution in [0.2, 0.25) is 5.02 Å². The number of urea groups is 1. The molecule has 0 atom stereocenters. The molecule has 2 aromatic carbocycles. The van der Waals surface area contributed by atoms with Gasteiger partial charge in [0.15, 0.2) is 11.5 Å². The van der Waals surface area contributed by atoms with Crippen molar-refractivity contribution in [1.29, 1.82) is 0 Å². The van der Waals surface area contributed by atoms with Crippen LogP contribution in [0.5, 0.6) is 11.5 Å². The molecule has 0 aromatic heterocycles. The van der Waals surface area contributed by atoms with E-state index < -0.39 is 22.8 Å². The summed E-state index contributed by atoms with van der Waals surface area (Å²) in [7, 11) is 0. The Kier molecular flexibility index (Phi) is 7.09. The molecule has 33 heavy (non-hydrogen) atoms. The fraction of sp³-hybridized carbons (Fsp3) is 0.136. The van der Waals surface area contributed by atoms with Crippen molar-refractivity contribution >= 4 is 46.9 Å². The summed E-state index contributed by atoms with van der Waals surface area (Å²) in [5, 5.41) is 13.1. The van der Waals surface area contributed by atoms with Gasteiger partial charge >= 0.3 is 6.03 Å². The fourth-order valence-electron chi connectivity index (χ4n) is 3.00. The number of amides is 4. The number of ether oxygens (including phenoxy) is 2. The number of nitrogens with zero attached hydrogens (tertiary/aromatic N) is 2. The van der Waals surface area contributed by atoms with E-state index in [-0.39, 0.29) is 34.3 Å². The molecule has 1 fully saturated rings. The summed E-state index contributed by atoms with van der Waals surface area (Å²) in [6, 6.07) is 6.80. The SMILES string of the molecule is C=CCOc1c(Cl)cc(/C=C2\C(=O)NC(=O)N(c3ccc([N+](=O)[O-])cc3)C2=O)cc1OCC. The topological polar surface area (TPSA) is 128 Å². The van der Waals surface area contributed by atoms with Gasteiger partial charge in [0.05, 0.1) is 22.2 Å². The first-order valence-electron chi connectivity index (χ1n) is 9.62. The third-order valence-corrected chi connectivity index (χ3v) is 4.69. The Labute approximate surface area is 193 Å². The maximum Gasteiger partial charge on any atom is 0.335 e. The molecule has 0 radical (unpaired) electrons. The number of anilines is 1. The first kappa shape index (κ1) is 23.5. The van der Waals surface area contributed by atoms with Crippen molar-refractivity contribution < 1.29 is 28.8 Å². The van der Waals surface area contributed by atoms with Gasteiger partial charge in [-0.1, -0.05) is 24.3 Å². The van der Waals surface area contributed by atoms with Gasteiger partial charge in [0.25, 0.3) is 17.5 Å². The second kappa shape index (κ2) is 9.96. The van der Waals surface area contributed by atoms with Crippen molar-refractivity contribution in [2.24, 2.45) is 0 Å². The molecule has 1 heterocycles. The van der Waals surface area contributed by atoms with Gasteiger partial charge in [-0.2, -0.15) is 0 Å². The smallest absolute Gasteiger partial charge is 0.335 e. The molecule has 0 bridgehead atoms. The summed E-state index contributed by atoms with van der Waals surface area (Å²) in [6.07, 6.45) is 2.80. The van der Waals surface area contributed by atoms with E-state index in [0.717, 1.165) is 12.1 Å². The van der Waals surface area contributed by atoms with Gasteiger partial charge in [-0.15, -0.1) is 0 Å². The van der Waals surface area contributed by atoms with Gasteiger partial charge < -0.3 is 9.47 Å². The molecule has 1 aliphatic rings. The first-order valence-corrected chi connectivity index (χ1v) is 10.0. The molecule has 1 saturated heterocycles. The number of hydrogen-bond acceptors (Lipinski definition) is 7. The van der Waals surface area contributed by atoms with Crippen molar-refractivity contribution in [1.82, 2.24) is 5.32 Å². The summed E-state index contributed by atoms with van der Waals surface area (Å²) in [5.74, 6) is -1.23. The molecule has 0 unspecified atom stereocenters. The second-order valence-electron chi connectivity index (χ2n) is 6.59. The average Bonchev–Trinajstić information content (AvgIpc) is 2.76. The summed E-state index contributed by atoms with van der Waals surface area (Å²) in [5.41, 5.74) is -0.146. The number of nitro groups is 1. The molecule has 3 rings (SSSR count). The number of hydrogen-bond donors (Lipinski definition) is 1. The van der Waals surface area contributed by atoms with E-state index in [4.69, 9.17) is 21.1 Å². The van der Waals surface area contributed by atoms with E-state index in [0.29, 0.717) is 22.8 Å². The van der Waals surface area contributed by atoms with E-state index in [1.807, 2.05) is 0 Å². The number of rotatable bonds is 8. The van der Waals surface area contributed by atoms with Crippen LogP contribution in [0.25, 0.3) is 6.08 Å². The maximum atomic E-state index is 13.0. The van der Waals surface area contributed by atoms with E-state index in [1.54, 1.807) is 6.92 Å². The Hall–Kier alpha value is -4.18. The third-order valence-electron chi connectivity index (χ3n) is 4.41. The number of imide groups is 2. The average molecular weight is 472 g/mol. The molecule has 0 spiro atoms. The van der Waals surface area contributed by atoms with E-state index >= 15 is 0 Å². The number of benzene rings is 2. The highest BCUT2D eigenvalue weighted by atomic mass is 35.5. The standard InChI is InChI=1S/C22H18ClN3O7/c1-3-9-33-19-17(23)11-13(12-18(19)32-4-2)10-16-20(27)24-22(29)25(21(16)28)14-5-7-15(8-6-14)26(30)31/h3,5-8,10-12H,1,4,9H2,2H3,(H,24,27,29)/b16-10+. The first-order chi connectivity index (χ1) is 15.8. The summed E-state index contributed by atoms with van der Waals surface area (Å²) in [6.45, 7) is 5.84. The zero-order valence-electron chi connectivity index (χ0n) is 17.4. The minimum atomic E-state index is -0.975. The van der Waals surface area contributed by atoms with E-state index in [1.165, 1.54) is 36.4 Å². The Morgan fingerprint density at radius 2 is 1.88 bits per heavy atom. The van der Waals surface area contributed by atoms with Gasteiger partial charge in [0.1, 0.15) is 12.2 Å². The molecule has 0 aliphatic carbocycles. The summed E-state index contributed by atoms with van der Waals surface area (Å²) < 4.78 is 11.1. The molecule has 170 valence electrons.